The average Bonchev–Trinajstić information content (AvgIpc) is 3.07. The monoisotopic (exact) mass is 673 g/mol. The summed E-state index contributed by atoms with van der Waals surface area (Å²) in [4.78, 5) is 23.2. The van der Waals surface area contributed by atoms with Gasteiger partial charge in [0, 0.05) is 12.8 Å². The van der Waals surface area contributed by atoms with Crippen LogP contribution in [0.5, 0.6) is 0 Å². The molecule has 0 radical (unpaired) electrons. The van der Waals surface area contributed by atoms with E-state index in [-0.39, 0.29) is 12.1 Å². The van der Waals surface area contributed by atoms with Gasteiger partial charge in [-0.25, -0.2) is 0 Å². The van der Waals surface area contributed by atoms with Crippen molar-refractivity contribution in [3.63, 3.8) is 0 Å². The van der Waals surface area contributed by atoms with Crippen LogP contribution in [0.4, 0.5) is 0 Å². The van der Waals surface area contributed by atoms with Gasteiger partial charge in [0.05, 0.1) is 0 Å². The first-order valence-electron chi connectivity index (χ1n) is 21.0. The number of carbonyl (C=O) groups excluding carboxylic acids is 1. The lowest BCUT2D eigenvalue weighted by atomic mass is 10.0. The molecule has 0 heterocycles. The number of carboxylic acid groups (broad SMARTS) is 1. The molecule has 0 bridgehead atoms. The minimum atomic E-state index is -0.679. The summed E-state index contributed by atoms with van der Waals surface area (Å²) in [6.07, 6.45) is 51.9. The lowest BCUT2D eigenvalue weighted by Gasteiger charge is -2.18. The van der Waals surface area contributed by atoms with Crippen molar-refractivity contribution >= 4 is 11.9 Å². The molecule has 0 rings (SSSR count). The van der Waals surface area contributed by atoms with Crippen LogP contribution >= 0.6 is 0 Å². The molecule has 0 aromatic rings. The van der Waals surface area contributed by atoms with E-state index in [2.05, 4.69) is 50.3 Å². The van der Waals surface area contributed by atoms with Crippen molar-refractivity contribution in [2.45, 2.75) is 232 Å². The average molecular weight is 673 g/mol. The molecule has 0 aliphatic carbocycles. The van der Waals surface area contributed by atoms with Gasteiger partial charge in [0.25, 0.3) is 0 Å². The topological polar surface area (TPSA) is 63.6 Å². The number of rotatable bonds is 38. The summed E-state index contributed by atoms with van der Waals surface area (Å²) in [5.41, 5.74) is 0. The zero-order valence-electron chi connectivity index (χ0n) is 32.0. The zero-order chi connectivity index (χ0) is 35.0. The maximum Gasteiger partial charge on any atom is 0.306 e. The van der Waals surface area contributed by atoms with E-state index >= 15 is 0 Å². The zero-order valence-corrected chi connectivity index (χ0v) is 32.0. The van der Waals surface area contributed by atoms with E-state index in [0.29, 0.717) is 12.8 Å². The van der Waals surface area contributed by atoms with Gasteiger partial charge in [0.15, 0.2) is 0 Å². The number of aliphatic carboxylic acids is 1. The van der Waals surface area contributed by atoms with Gasteiger partial charge in [-0.05, 0) is 96.3 Å². The van der Waals surface area contributed by atoms with E-state index in [0.717, 1.165) is 57.8 Å². The van der Waals surface area contributed by atoms with Crippen LogP contribution in [0.1, 0.15) is 226 Å². The van der Waals surface area contributed by atoms with Crippen LogP contribution in [-0.4, -0.2) is 23.1 Å². The van der Waals surface area contributed by atoms with Crippen molar-refractivity contribution in [1.29, 1.82) is 0 Å². The lowest BCUT2D eigenvalue weighted by Crippen LogP contribution is -2.18. The van der Waals surface area contributed by atoms with Crippen LogP contribution in [0.2, 0.25) is 0 Å². The van der Waals surface area contributed by atoms with Crippen LogP contribution in [0, 0.1) is 0 Å². The lowest BCUT2D eigenvalue weighted by molar-refractivity contribution is -0.150. The molecule has 0 aromatic heterocycles. The summed E-state index contributed by atoms with van der Waals surface area (Å²) in [6.45, 7) is 4.51. The Hall–Kier alpha value is -1.84. The molecule has 48 heavy (non-hydrogen) atoms. The molecule has 0 spiro atoms. The first-order valence-corrected chi connectivity index (χ1v) is 21.0. The number of ether oxygens (including phenoxy) is 1. The molecule has 0 aliphatic heterocycles. The molecular weight excluding hydrogens is 592 g/mol. The fraction of sp³-hybridized carbons (Fsp3) is 0.818. The van der Waals surface area contributed by atoms with E-state index in [1.54, 1.807) is 0 Å². The Labute approximate surface area is 299 Å². The third-order valence-electron chi connectivity index (χ3n) is 9.33. The van der Waals surface area contributed by atoms with Crippen LogP contribution in [-0.2, 0) is 14.3 Å². The van der Waals surface area contributed by atoms with Gasteiger partial charge < -0.3 is 9.84 Å². The molecule has 1 unspecified atom stereocenters. The van der Waals surface area contributed by atoms with Gasteiger partial charge in [0.1, 0.15) is 6.10 Å². The second-order valence-electron chi connectivity index (χ2n) is 14.2. The number of hydrogen-bond acceptors (Lipinski definition) is 3. The predicted octanol–water partition coefficient (Wildman–Crippen LogP) is 14.6. The fourth-order valence-electron chi connectivity index (χ4n) is 6.21. The standard InChI is InChI=1S/C44H80O4/c1-3-5-7-9-10-11-12-13-14-15-16-17-18-19-20-21-22-26-29-33-37-41-44(47)48-42(38-34-30-8-6-4-2)39-35-31-27-24-23-25-28-32-36-40-43(45)46/h10-11,13-14,19-20,42H,3-9,12,15-18,21-41H2,1-2H3,(H,45,46)/b11-10-,14-13-,20-19-. The Morgan fingerprint density at radius 1 is 0.458 bits per heavy atom. The molecule has 0 saturated heterocycles. The third-order valence-corrected chi connectivity index (χ3v) is 9.33. The largest absolute Gasteiger partial charge is 0.481 e. The minimum absolute atomic E-state index is 0.0181. The summed E-state index contributed by atoms with van der Waals surface area (Å²) < 4.78 is 6.00. The summed E-state index contributed by atoms with van der Waals surface area (Å²) in [5, 5.41) is 8.72. The van der Waals surface area contributed by atoms with Crippen LogP contribution in [0.15, 0.2) is 36.5 Å². The molecule has 280 valence electrons. The van der Waals surface area contributed by atoms with Gasteiger partial charge in [-0.2, -0.15) is 0 Å². The molecule has 1 atom stereocenters. The van der Waals surface area contributed by atoms with Gasteiger partial charge in [-0.1, -0.05) is 153 Å². The summed E-state index contributed by atoms with van der Waals surface area (Å²) in [6, 6.07) is 0. The van der Waals surface area contributed by atoms with Crippen molar-refractivity contribution in [2.24, 2.45) is 0 Å². The summed E-state index contributed by atoms with van der Waals surface area (Å²) in [7, 11) is 0. The fourth-order valence-corrected chi connectivity index (χ4v) is 6.21. The molecule has 0 amide bonds. The highest BCUT2D eigenvalue weighted by molar-refractivity contribution is 5.69. The molecule has 0 fully saturated rings. The number of carboxylic acids is 1. The Bertz CT molecular complexity index is 768. The number of carbonyl (C=O) groups is 2. The second-order valence-corrected chi connectivity index (χ2v) is 14.2. The van der Waals surface area contributed by atoms with Crippen molar-refractivity contribution in [1.82, 2.24) is 0 Å². The Morgan fingerprint density at radius 3 is 1.31 bits per heavy atom. The minimum Gasteiger partial charge on any atom is -0.481 e. The molecular formula is C44H80O4. The summed E-state index contributed by atoms with van der Waals surface area (Å²) >= 11 is 0. The van der Waals surface area contributed by atoms with E-state index in [9.17, 15) is 9.59 Å². The summed E-state index contributed by atoms with van der Waals surface area (Å²) in [5.74, 6) is -0.661. The van der Waals surface area contributed by atoms with Crippen LogP contribution in [0.25, 0.3) is 0 Å². The van der Waals surface area contributed by atoms with Crippen LogP contribution < -0.4 is 0 Å². The number of allylic oxidation sites excluding steroid dienone is 6. The van der Waals surface area contributed by atoms with E-state index < -0.39 is 5.97 Å². The molecule has 1 N–H and O–H groups in total. The highest BCUT2D eigenvalue weighted by Crippen LogP contribution is 2.19. The molecule has 0 saturated carbocycles. The van der Waals surface area contributed by atoms with Crippen molar-refractivity contribution in [2.75, 3.05) is 0 Å². The van der Waals surface area contributed by atoms with Gasteiger partial charge in [0.2, 0.25) is 0 Å². The Kier molecular flexibility index (Phi) is 38.1. The van der Waals surface area contributed by atoms with Crippen molar-refractivity contribution in [3.05, 3.63) is 36.5 Å². The highest BCUT2D eigenvalue weighted by atomic mass is 16.5. The molecule has 4 heteroatoms. The van der Waals surface area contributed by atoms with Gasteiger partial charge in [-0.3, -0.25) is 9.59 Å². The highest BCUT2D eigenvalue weighted by Gasteiger charge is 2.14. The van der Waals surface area contributed by atoms with E-state index in [4.69, 9.17) is 9.84 Å². The van der Waals surface area contributed by atoms with Gasteiger partial charge in [-0.15, -0.1) is 0 Å². The first kappa shape index (κ1) is 46.2. The van der Waals surface area contributed by atoms with Crippen LogP contribution in [0.3, 0.4) is 0 Å². The van der Waals surface area contributed by atoms with E-state index in [1.165, 1.54) is 141 Å². The molecule has 0 aliphatic rings. The number of unbranched alkanes of at least 4 members (excludes halogenated alkanes) is 23. The van der Waals surface area contributed by atoms with Gasteiger partial charge >= 0.3 is 11.9 Å². The second kappa shape index (κ2) is 39.6. The number of hydrogen-bond donors (Lipinski definition) is 1. The predicted molar refractivity (Wildman–Crippen MR) is 209 cm³/mol. The van der Waals surface area contributed by atoms with Crippen molar-refractivity contribution < 1.29 is 19.4 Å². The molecule has 4 nitrogen and oxygen atoms in total. The quantitative estimate of drug-likeness (QED) is 0.0403. The smallest absolute Gasteiger partial charge is 0.306 e. The normalized spacial score (nSPS) is 12.5. The first-order chi connectivity index (χ1) is 23.6. The maximum absolute atomic E-state index is 12.6. The maximum atomic E-state index is 12.6. The SMILES string of the molecule is CCCCC/C=C\C/C=C\CCCC/C=C\CCCCCCCC(=O)OC(CCCCCCC)CCCCCCCCCCCC(=O)O. The van der Waals surface area contributed by atoms with Crippen molar-refractivity contribution in [3.8, 4) is 0 Å². The molecule has 0 aromatic carbocycles. The Morgan fingerprint density at radius 2 is 0.812 bits per heavy atom. The van der Waals surface area contributed by atoms with E-state index in [1.807, 2.05) is 0 Å². The number of esters is 1. The Balaban J connectivity index is 3.84. The third kappa shape index (κ3) is 38.6.